The molecular formula is C14H18N2S. The maximum Gasteiger partial charge on any atom is 0.0942 e. The van der Waals surface area contributed by atoms with Crippen molar-refractivity contribution < 1.29 is 0 Å². The van der Waals surface area contributed by atoms with Crippen molar-refractivity contribution in [3.05, 3.63) is 45.4 Å². The molecule has 0 unspecified atom stereocenters. The van der Waals surface area contributed by atoms with Crippen molar-refractivity contribution in [2.24, 2.45) is 0 Å². The number of rotatable bonds is 4. The molecule has 0 saturated carbocycles. The van der Waals surface area contributed by atoms with Gasteiger partial charge in [-0.25, -0.2) is 4.98 Å². The Morgan fingerprint density at radius 2 is 1.88 bits per heavy atom. The third-order valence-corrected chi connectivity index (χ3v) is 3.64. The van der Waals surface area contributed by atoms with Gasteiger partial charge in [0, 0.05) is 30.2 Å². The molecule has 17 heavy (non-hydrogen) atoms. The minimum Gasteiger partial charge on any atom is -0.384 e. The standard InChI is InChI=1S/C14H18N2S/c1-10-8-11(2)14(12(3)9-10)16-5-4-13-15-6-7-17-13/h6-9,16H,4-5H2,1-3H3. The lowest BCUT2D eigenvalue weighted by Gasteiger charge is -2.13. The lowest BCUT2D eigenvalue weighted by atomic mass is 10.1. The van der Waals surface area contributed by atoms with E-state index in [1.165, 1.54) is 27.4 Å². The zero-order chi connectivity index (χ0) is 12.3. The van der Waals surface area contributed by atoms with E-state index in [1.54, 1.807) is 11.3 Å². The number of nitrogens with zero attached hydrogens (tertiary/aromatic N) is 1. The SMILES string of the molecule is Cc1cc(C)c(NCCc2nccs2)c(C)c1. The third-order valence-electron chi connectivity index (χ3n) is 2.80. The second-order valence-electron chi connectivity index (χ2n) is 4.38. The number of benzene rings is 1. The largest absolute Gasteiger partial charge is 0.384 e. The van der Waals surface area contributed by atoms with Crippen LogP contribution in [0.1, 0.15) is 21.7 Å². The monoisotopic (exact) mass is 246 g/mol. The molecule has 0 amide bonds. The van der Waals surface area contributed by atoms with Crippen molar-refractivity contribution in [2.75, 3.05) is 11.9 Å². The summed E-state index contributed by atoms with van der Waals surface area (Å²) in [6.07, 6.45) is 2.85. The van der Waals surface area contributed by atoms with E-state index in [0.717, 1.165) is 13.0 Å². The van der Waals surface area contributed by atoms with Gasteiger partial charge in [-0.1, -0.05) is 17.7 Å². The summed E-state index contributed by atoms with van der Waals surface area (Å²) < 4.78 is 0. The van der Waals surface area contributed by atoms with Gasteiger partial charge in [0.25, 0.3) is 0 Å². The van der Waals surface area contributed by atoms with Gasteiger partial charge < -0.3 is 5.32 Å². The highest BCUT2D eigenvalue weighted by Crippen LogP contribution is 2.21. The Balaban J connectivity index is 1.99. The maximum absolute atomic E-state index is 4.28. The molecule has 2 aromatic rings. The van der Waals surface area contributed by atoms with Crippen molar-refractivity contribution in [3.8, 4) is 0 Å². The van der Waals surface area contributed by atoms with Crippen molar-refractivity contribution in [2.45, 2.75) is 27.2 Å². The summed E-state index contributed by atoms with van der Waals surface area (Å²) in [4.78, 5) is 4.28. The molecule has 1 aromatic heterocycles. The first-order valence-corrected chi connectivity index (χ1v) is 6.75. The van der Waals surface area contributed by atoms with Crippen LogP contribution in [0.3, 0.4) is 0 Å². The molecule has 0 bridgehead atoms. The van der Waals surface area contributed by atoms with Crippen LogP contribution in [0, 0.1) is 20.8 Å². The van der Waals surface area contributed by atoms with Crippen LogP contribution in [0.5, 0.6) is 0 Å². The average molecular weight is 246 g/mol. The highest BCUT2D eigenvalue weighted by Gasteiger charge is 2.03. The minimum absolute atomic E-state index is 0.943. The minimum atomic E-state index is 0.943. The Bertz CT molecular complexity index is 466. The number of thiazole rings is 1. The fourth-order valence-corrected chi connectivity index (χ4v) is 2.75. The predicted octanol–water partition coefficient (Wildman–Crippen LogP) is 3.72. The fraction of sp³-hybridized carbons (Fsp3) is 0.357. The van der Waals surface area contributed by atoms with Gasteiger partial charge in [-0.15, -0.1) is 11.3 Å². The molecule has 3 heteroatoms. The second kappa shape index (κ2) is 5.32. The topological polar surface area (TPSA) is 24.9 Å². The van der Waals surface area contributed by atoms with E-state index in [4.69, 9.17) is 0 Å². The van der Waals surface area contributed by atoms with E-state index in [1.807, 2.05) is 11.6 Å². The van der Waals surface area contributed by atoms with Crippen LogP contribution in [0.4, 0.5) is 5.69 Å². The number of hydrogen-bond acceptors (Lipinski definition) is 3. The van der Waals surface area contributed by atoms with Gasteiger partial charge in [0.15, 0.2) is 0 Å². The number of aromatic nitrogens is 1. The Hall–Kier alpha value is -1.35. The van der Waals surface area contributed by atoms with Crippen LogP contribution in [-0.2, 0) is 6.42 Å². The van der Waals surface area contributed by atoms with E-state index in [0.29, 0.717) is 0 Å². The number of anilines is 1. The summed E-state index contributed by atoms with van der Waals surface area (Å²) in [5.74, 6) is 0. The van der Waals surface area contributed by atoms with E-state index in [2.05, 4.69) is 43.2 Å². The molecule has 0 aliphatic carbocycles. The average Bonchev–Trinajstić information content (AvgIpc) is 2.74. The number of nitrogens with one attached hydrogen (secondary N) is 1. The van der Waals surface area contributed by atoms with E-state index in [9.17, 15) is 0 Å². The van der Waals surface area contributed by atoms with Gasteiger partial charge in [-0.05, 0) is 31.9 Å². The van der Waals surface area contributed by atoms with Crippen LogP contribution < -0.4 is 5.32 Å². The summed E-state index contributed by atoms with van der Waals surface area (Å²) in [5.41, 5.74) is 5.24. The molecule has 0 atom stereocenters. The van der Waals surface area contributed by atoms with Gasteiger partial charge in [0.1, 0.15) is 0 Å². The molecule has 0 saturated heterocycles. The molecule has 1 N–H and O–H groups in total. The molecule has 90 valence electrons. The van der Waals surface area contributed by atoms with Crippen molar-refractivity contribution in [1.29, 1.82) is 0 Å². The fourth-order valence-electron chi connectivity index (χ4n) is 2.13. The summed E-state index contributed by atoms with van der Waals surface area (Å²) in [7, 11) is 0. The van der Waals surface area contributed by atoms with Crippen molar-refractivity contribution in [3.63, 3.8) is 0 Å². The van der Waals surface area contributed by atoms with Crippen LogP contribution >= 0.6 is 11.3 Å². The Morgan fingerprint density at radius 1 is 1.18 bits per heavy atom. The first kappa shape index (κ1) is 12.1. The van der Waals surface area contributed by atoms with Crippen molar-refractivity contribution in [1.82, 2.24) is 4.98 Å². The van der Waals surface area contributed by atoms with Gasteiger partial charge >= 0.3 is 0 Å². The lowest BCUT2D eigenvalue weighted by Crippen LogP contribution is -2.07. The maximum atomic E-state index is 4.28. The smallest absolute Gasteiger partial charge is 0.0942 e. The van der Waals surface area contributed by atoms with Gasteiger partial charge in [0.2, 0.25) is 0 Å². The highest BCUT2D eigenvalue weighted by molar-refractivity contribution is 7.09. The molecule has 0 aliphatic rings. The number of aryl methyl sites for hydroxylation is 3. The summed E-state index contributed by atoms with van der Waals surface area (Å²) >= 11 is 1.72. The third kappa shape index (κ3) is 3.07. The zero-order valence-corrected chi connectivity index (χ0v) is 11.4. The molecule has 2 nitrogen and oxygen atoms in total. The highest BCUT2D eigenvalue weighted by atomic mass is 32.1. The lowest BCUT2D eigenvalue weighted by molar-refractivity contribution is 0.992. The Labute approximate surface area is 107 Å². The number of hydrogen-bond donors (Lipinski definition) is 1. The summed E-state index contributed by atoms with van der Waals surface area (Å²) in [5, 5.41) is 6.73. The van der Waals surface area contributed by atoms with E-state index in [-0.39, 0.29) is 0 Å². The van der Waals surface area contributed by atoms with E-state index >= 15 is 0 Å². The van der Waals surface area contributed by atoms with Gasteiger partial charge in [-0.2, -0.15) is 0 Å². The van der Waals surface area contributed by atoms with Crippen molar-refractivity contribution >= 4 is 17.0 Å². The normalized spacial score (nSPS) is 10.5. The van der Waals surface area contributed by atoms with Gasteiger partial charge in [-0.3, -0.25) is 0 Å². The first-order chi connectivity index (χ1) is 8.16. The van der Waals surface area contributed by atoms with Crippen LogP contribution in [0.25, 0.3) is 0 Å². The van der Waals surface area contributed by atoms with Crippen LogP contribution in [0.15, 0.2) is 23.7 Å². The quantitative estimate of drug-likeness (QED) is 0.889. The second-order valence-corrected chi connectivity index (χ2v) is 5.36. The van der Waals surface area contributed by atoms with Gasteiger partial charge in [0.05, 0.1) is 5.01 Å². The Kier molecular flexibility index (Phi) is 3.79. The molecule has 0 radical (unpaired) electrons. The Morgan fingerprint density at radius 3 is 2.47 bits per heavy atom. The summed E-state index contributed by atoms with van der Waals surface area (Å²) in [6.45, 7) is 7.40. The molecule has 0 fully saturated rings. The molecule has 0 aliphatic heterocycles. The summed E-state index contributed by atoms with van der Waals surface area (Å²) in [6, 6.07) is 4.44. The molecule has 0 spiro atoms. The first-order valence-electron chi connectivity index (χ1n) is 5.87. The van der Waals surface area contributed by atoms with Crippen LogP contribution in [0.2, 0.25) is 0 Å². The van der Waals surface area contributed by atoms with Crippen LogP contribution in [-0.4, -0.2) is 11.5 Å². The molecular weight excluding hydrogens is 228 g/mol. The molecule has 2 rings (SSSR count). The zero-order valence-electron chi connectivity index (χ0n) is 10.6. The predicted molar refractivity (Wildman–Crippen MR) is 75.0 cm³/mol. The van der Waals surface area contributed by atoms with E-state index < -0.39 is 0 Å². The molecule has 1 aromatic carbocycles. The molecule has 1 heterocycles.